The molecule has 1 aromatic heterocycles. The van der Waals surface area contributed by atoms with Gasteiger partial charge in [0, 0.05) is 30.4 Å². The minimum Gasteiger partial charge on any atom is -0.497 e. The van der Waals surface area contributed by atoms with E-state index in [2.05, 4.69) is 16.0 Å². The van der Waals surface area contributed by atoms with Gasteiger partial charge >= 0.3 is 0 Å². The second-order valence-electron chi connectivity index (χ2n) is 5.62. The number of hydrogen-bond donors (Lipinski definition) is 0. The number of alkyl halides is 1. The SMILES string of the molecule is COc1ccc2nccc(N3CCC(CCF)CC3)c2c1. The van der Waals surface area contributed by atoms with Crippen LogP contribution in [0.5, 0.6) is 5.75 Å². The Labute approximate surface area is 124 Å². The van der Waals surface area contributed by atoms with Crippen LogP contribution >= 0.6 is 0 Å². The Morgan fingerprint density at radius 2 is 2.10 bits per heavy atom. The van der Waals surface area contributed by atoms with Crippen LogP contribution in [0.15, 0.2) is 30.5 Å². The monoisotopic (exact) mass is 288 g/mol. The molecule has 112 valence electrons. The summed E-state index contributed by atoms with van der Waals surface area (Å²) in [6.45, 7) is 1.78. The summed E-state index contributed by atoms with van der Waals surface area (Å²) in [4.78, 5) is 6.81. The zero-order chi connectivity index (χ0) is 14.7. The van der Waals surface area contributed by atoms with E-state index in [-0.39, 0.29) is 6.67 Å². The van der Waals surface area contributed by atoms with Gasteiger partial charge in [0.1, 0.15) is 5.75 Å². The molecule has 0 amide bonds. The van der Waals surface area contributed by atoms with Crippen LogP contribution in [0.2, 0.25) is 0 Å². The quantitative estimate of drug-likeness (QED) is 0.855. The van der Waals surface area contributed by atoms with Crippen molar-refractivity contribution in [3.63, 3.8) is 0 Å². The fourth-order valence-electron chi connectivity index (χ4n) is 3.13. The lowest BCUT2D eigenvalue weighted by Crippen LogP contribution is -2.33. The number of nitrogens with zero attached hydrogens (tertiary/aromatic N) is 2. The Hall–Kier alpha value is -1.84. The van der Waals surface area contributed by atoms with E-state index >= 15 is 0 Å². The summed E-state index contributed by atoms with van der Waals surface area (Å²) < 4.78 is 17.8. The molecule has 1 saturated heterocycles. The van der Waals surface area contributed by atoms with Crippen molar-refractivity contribution < 1.29 is 9.13 Å². The number of fused-ring (bicyclic) bond motifs is 1. The van der Waals surface area contributed by atoms with Crippen LogP contribution in [-0.2, 0) is 0 Å². The molecule has 0 N–H and O–H groups in total. The highest BCUT2D eigenvalue weighted by Crippen LogP contribution is 2.32. The molecule has 0 atom stereocenters. The van der Waals surface area contributed by atoms with Crippen LogP contribution in [-0.4, -0.2) is 31.9 Å². The minimum atomic E-state index is -0.194. The summed E-state index contributed by atoms with van der Waals surface area (Å²) in [6.07, 6.45) is 4.70. The van der Waals surface area contributed by atoms with Gasteiger partial charge in [-0.1, -0.05) is 0 Å². The number of anilines is 1. The summed E-state index contributed by atoms with van der Waals surface area (Å²) in [5.41, 5.74) is 2.19. The number of aromatic nitrogens is 1. The first-order chi connectivity index (χ1) is 10.3. The molecule has 0 aliphatic carbocycles. The van der Waals surface area contributed by atoms with E-state index in [1.54, 1.807) is 7.11 Å². The number of hydrogen-bond acceptors (Lipinski definition) is 3. The van der Waals surface area contributed by atoms with Crippen molar-refractivity contribution in [3.8, 4) is 5.75 Å². The van der Waals surface area contributed by atoms with Crippen LogP contribution in [0.3, 0.4) is 0 Å². The molecule has 1 aliphatic rings. The van der Waals surface area contributed by atoms with Crippen molar-refractivity contribution in [2.24, 2.45) is 5.92 Å². The largest absolute Gasteiger partial charge is 0.497 e. The number of ether oxygens (including phenoxy) is 1. The number of rotatable bonds is 4. The second-order valence-corrected chi connectivity index (χ2v) is 5.62. The maximum absolute atomic E-state index is 12.5. The van der Waals surface area contributed by atoms with Crippen LogP contribution in [0.1, 0.15) is 19.3 Å². The van der Waals surface area contributed by atoms with Crippen molar-refractivity contribution in [1.82, 2.24) is 4.98 Å². The number of piperidine rings is 1. The smallest absolute Gasteiger partial charge is 0.119 e. The zero-order valence-corrected chi connectivity index (χ0v) is 12.4. The molecule has 4 heteroatoms. The van der Waals surface area contributed by atoms with Gasteiger partial charge in [-0.2, -0.15) is 0 Å². The van der Waals surface area contributed by atoms with Gasteiger partial charge in [0.2, 0.25) is 0 Å². The van der Waals surface area contributed by atoms with Crippen LogP contribution in [0, 0.1) is 5.92 Å². The molecule has 1 fully saturated rings. The van der Waals surface area contributed by atoms with Crippen LogP contribution in [0.4, 0.5) is 10.1 Å². The molecule has 2 aromatic rings. The average Bonchev–Trinajstić information content (AvgIpc) is 2.55. The average molecular weight is 288 g/mol. The summed E-state index contributed by atoms with van der Waals surface area (Å²) >= 11 is 0. The number of pyridine rings is 1. The van der Waals surface area contributed by atoms with Crippen molar-refractivity contribution in [1.29, 1.82) is 0 Å². The number of benzene rings is 1. The maximum Gasteiger partial charge on any atom is 0.119 e. The van der Waals surface area contributed by atoms with Gasteiger partial charge in [-0.25, -0.2) is 0 Å². The van der Waals surface area contributed by atoms with Gasteiger partial charge in [0.05, 0.1) is 19.3 Å². The van der Waals surface area contributed by atoms with Gasteiger partial charge in [-0.3, -0.25) is 9.37 Å². The Morgan fingerprint density at radius 1 is 1.29 bits per heavy atom. The third kappa shape index (κ3) is 2.94. The first-order valence-electron chi connectivity index (χ1n) is 7.55. The van der Waals surface area contributed by atoms with E-state index in [0.717, 1.165) is 42.6 Å². The van der Waals surface area contributed by atoms with Gasteiger partial charge < -0.3 is 9.64 Å². The van der Waals surface area contributed by atoms with E-state index in [1.807, 2.05) is 24.4 Å². The highest BCUT2D eigenvalue weighted by Gasteiger charge is 2.20. The van der Waals surface area contributed by atoms with Crippen molar-refractivity contribution >= 4 is 16.6 Å². The van der Waals surface area contributed by atoms with E-state index < -0.39 is 0 Å². The zero-order valence-electron chi connectivity index (χ0n) is 12.4. The summed E-state index contributed by atoms with van der Waals surface area (Å²) in [5.74, 6) is 1.39. The third-order valence-electron chi connectivity index (χ3n) is 4.40. The molecule has 0 unspecified atom stereocenters. The Balaban J connectivity index is 1.87. The topological polar surface area (TPSA) is 25.4 Å². The highest BCUT2D eigenvalue weighted by atomic mass is 19.1. The predicted molar refractivity (Wildman–Crippen MR) is 83.8 cm³/mol. The molecule has 2 heterocycles. The normalized spacial score (nSPS) is 16.4. The second kappa shape index (κ2) is 6.29. The van der Waals surface area contributed by atoms with Gasteiger partial charge in [-0.15, -0.1) is 0 Å². The molecule has 21 heavy (non-hydrogen) atoms. The summed E-state index contributed by atoms with van der Waals surface area (Å²) in [5, 5.41) is 1.13. The predicted octanol–water partition coefficient (Wildman–Crippen LogP) is 3.82. The molecule has 0 radical (unpaired) electrons. The van der Waals surface area contributed by atoms with E-state index in [9.17, 15) is 4.39 Å². The fraction of sp³-hybridized carbons (Fsp3) is 0.471. The first-order valence-corrected chi connectivity index (χ1v) is 7.55. The lowest BCUT2D eigenvalue weighted by molar-refractivity contribution is 0.332. The Bertz CT molecular complexity index is 609. The summed E-state index contributed by atoms with van der Waals surface area (Å²) in [7, 11) is 1.68. The molecule has 3 rings (SSSR count). The molecule has 1 aromatic carbocycles. The molecular weight excluding hydrogens is 267 g/mol. The Morgan fingerprint density at radius 3 is 2.81 bits per heavy atom. The van der Waals surface area contributed by atoms with Crippen LogP contribution in [0.25, 0.3) is 10.9 Å². The summed E-state index contributed by atoms with van der Waals surface area (Å²) in [6, 6.07) is 8.04. The number of halogens is 1. The van der Waals surface area contributed by atoms with Crippen molar-refractivity contribution in [2.45, 2.75) is 19.3 Å². The van der Waals surface area contributed by atoms with Crippen molar-refractivity contribution in [2.75, 3.05) is 31.8 Å². The van der Waals surface area contributed by atoms with Crippen LogP contribution < -0.4 is 9.64 Å². The molecular formula is C17H21FN2O. The van der Waals surface area contributed by atoms with E-state index in [1.165, 1.54) is 5.69 Å². The van der Waals surface area contributed by atoms with Gasteiger partial charge in [0.25, 0.3) is 0 Å². The van der Waals surface area contributed by atoms with E-state index in [0.29, 0.717) is 12.3 Å². The molecule has 0 spiro atoms. The molecule has 3 nitrogen and oxygen atoms in total. The standard InChI is InChI=1S/C17H21FN2O/c1-21-14-2-3-16-15(12-14)17(5-9-19-16)20-10-6-13(4-8-18)7-11-20/h2-3,5,9,12-13H,4,6-8,10-11H2,1H3. The third-order valence-corrected chi connectivity index (χ3v) is 4.40. The maximum atomic E-state index is 12.5. The first kappa shape index (κ1) is 14.1. The number of methoxy groups -OCH3 is 1. The fourth-order valence-corrected chi connectivity index (χ4v) is 3.13. The minimum absolute atomic E-state index is 0.194. The lowest BCUT2D eigenvalue weighted by Gasteiger charge is -2.34. The molecule has 1 aliphatic heterocycles. The molecule has 0 saturated carbocycles. The molecule has 0 bridgehead atoms. The van der Waals surface area contributed by atoms with E-state index in [4.69, 9.17) is 4.74 Å². The Kier molecular flexibility index (Phi) is 4.23. The highest BCUT2D eigenvalue weighted by molar-refractivity contribution is 5.92. The van der Waals surface area contributed by atoms with Crippen molar-refractivity contribution in [3.05, 3.63) is 30.5 Å². The van der Waals surface area contributed by atoms with Gasteiger partial charge in [-0.05, 0) is 49.4 Å². The van der Waals surface area contributed by atoms with Gasteiger partial charge in [0.15, 0.2) is 0 Å². The lowest BCUT2D eigenvalue weighted by atomic mass is 9.93.